The normalized spacial score (nSPS) is 11.7. The van der Waals surface area contributed by atoms with Crippen LogP contribution in [-0.4, -0.2) is 34.6 Å². The first kappa shape index (κ1) is 16.5. The van der Waals surface area contributed by atoms with Crippen LogP contribution in [0.2, 0.25) is 0 Å². The van der Waals surface area contributed by atoms with Gasteiger partial charge in [-0.2, -0.15) is 0 Å². The summed E-state index contributed by atoms with van der Waals surface area (Å²) in [5.41, 5.74) is 12.5. The predicted octanol–water partition coefficient (Wildman–Crippen LogP) is 0.639. The summed E-state index contributed by atoms with van der Waals surface area (Å²) in [6, 6.07) is 10.6. The monoisotopic (exact) mass is 315 g/mol. The molecule has 0 aliphatic heterocycles. The van der Waals surface area contributed by atoms with E-state index in [0.29, 0.717) is 11.4 Å². The highest BCUT2D eigenvalue weighted by Crippen LogP contribution is 2.18. The van der Waals surface area contributed by atoms with Crippen LogP contribution in [-0.2, 0) is 0 Å². The topological polar surface area (TPSA) is 139 Å². The number of Topliss-reactive ketones (excluding diaryl/α,β-unsaturated/α-hetero) is 1. The van der Waals surface area contributed by atoms with Crippen LogP contribution < -0.4 is 16.8 Å². The highest BCUT2D eigenvalue weighted by atomic mass is 16.3. The third-order valence-electron chi connectivity index (χ3n) is 3.20. The number of hydrogen-bond donors (Lipinski definition) is 5. The van der Waals surface area contributed by atoms with Gasteiger partial charge in [0, 0.05) is 22.6 Å². The van der Waals surface area contributed by atoms with Gasteiger partial charge in [-0.05, 0) is 42.5 Å². The molecule has 2 aromatic rings. The Balaban J connectivity index is 2.32. The second-order valence-corrected chi connectivity index (χ2v) is 4.94. The summed E-state index contributed by atoms with van der Waals surface area (Å²) in [5, 5.41) is 21.0. The molecule has 0 aliphatic carbocycles. The van der Waals surface area contributed by atoms with E-state index < -0.39 is 24.4 Å². The van der Waals surface area contributed by atoms with E-state index in [-0.39, 0.29) is 16.8 Å². The number of carbonyl (C=O) groups is 2. The van der Waals surface area contributed by atoms with Crippen molar-refractivity contribution >= 4 is 28.8 Å². The smallest absolute Gasteiger partial charge is 0.256 e. The van der Waals surface area contributed by atoms with Crippen LogP contribution >= 0.6 is 0 Å². The van der Waals surface area contributed by atoms with Crippen LogP contribution in [0.1, 0.15) is 20.7 Å². The first-order valence-electron chi connectivity index (χ1n) is 6.82. The number of aliphatic hydroxyl groups excluding tert-OH is 2. The summed E-state index contributed by atoms with van der Waals surface area (Å²) in [6.45, 7) is -0.743. The summed E-state index contributed by atoms with van der Waals surface area (Å²) in [6.07, 6.45) is -1.61. The zero-order chi connectivity index (χ0) is 17.0. The molecular weight excluding hydrogens is 298 g/mol. The number of rotatable bonds is 5. The minimum Gasteiger partial charge on any atom is -0.399 e. The van der Waals surface area contributed by atoms with E-state index in [1.165, 1.54) is 18.2 Å². The Morgan fingerprint density at radius 3 is 2.22 bits per heavy atom. The van der Waals surface area contributed by atoms with Gasteiger partial charge in [-0.3, -0.25) is 9.59 Å². The predicted molar refractivity (Wildman–Crippen MR) is 87.1 cm³/mol. The van der Waals surface area contributed by atoms with Gasteiger partial charge >= 0.3 is 0 Å². The maximum Gasteiger partial charge on any atom is 0.256 e. The van der Waals surface area contributed by atoms with Crippen LogP contribution in [0.15, 0.2) is 42.5 Å². The molecule has 23 heavy (non-hydrogen) atoms. The molecular formula is C16H17N3O4. The molecule has 0 saturated heterocycles. The summed E-state index contributed by atoms with van der Waals surface area (Å²) >= 11 is 0. The van der Waals surface area contributed by atoms with Gasteiger partial charge in [0.2, 0.25) is 0 Å². The zero-order valence-corrected chi connectivity index (χ0v) is 12.2. The average molecular weight is 315 g/mol. The largest absolute Gasteiger partial charge is 0.399 e. The molecule has 7 N–H and O–H groups in total. The highest BCUT2D eigenvalue weighted by Gasteiger charge is 2.23. The number of nitrogens with two attached hydrogens (primary N) is 2. The van der Waals surface area contributed by atoms with Crippen molar-refractivity contribution in [1.29, 1.82) is 0 Å². The second kappa shape index (κ2) is 6.91. The fraction of sp³-hybridized carbons (Fsp3) is 0.125. The summed E-state index contributed by atoms with van der Waals surface area (Å²) in [5.74, 6) is -1.31. The quantitative estimate of drug-likeness (QED) is 0.405. The van der Waals surface area contributed by atoms with Gasteiger partial charge in [0.25, 0.3) is 5.91 Å². The Hall–Kier alpha value is -2.90. The number of hydrogen-bond acceptors (Lipinski definition) is 6. The minimum atomic E-state index is -1.61. The minimum absolute atomic E-state index is 0.0496. The molecule has 2 aromatic carbocycles. The SMILES string of the molecule is Nc1ccc(NC(=O)c2ccc(N)cc2C(=O)C(O)CO)cc1. The highest BCUT2D eigenvalue weighted by molar-refractivity contribution is 6.14. The van der Waals surface area contributed by atoms with Crippen LogP contribution in [0.3, 0.4) is 0 Å². The number of carbonyl (C=O) groups excluding carboxylic acids is 2. The fourth-order valence-corrected chi connectivity index (χ4v) is 1.99. The number of aliphatic hydroxyl groups is 2. The maximum absolute atomic E-state index is 12.4. The molecule has 1 amide bonds. The molecule has 0 aliphatic rings. The van der Waals surface area contributed by atoms with Gasteiger partial charge in [0.15, 0.2) is 5.78 Å². The van der Waals surface area contributed by atoms with Crippen molar-refractivity contribution in [2.75, 3.05) is 23.4 Å². The van der Waals surface area contributed by atoms with Gasteiger partial charge < -0.3 is 27.0 Å². The van der Waals surface area contributed by atoms with Crippen LogP contribution in [0, 0.1) is 0 Å². The van der Waals surface area contributed by atoms with Gasteiger partial charge in [-0.1, -0.05) is 0 Å². The molecule has 7 nitrogen and oxygen atoms in total. The molecule has 7 heteroatoms. The molecule has 2 rings (SSSR count). The van der Waals surface area contributed by atoms with Crippen molar-refractivity contribution in [3.63, 3.8) is 0 Å². The summed E-state index contributed by atoms with van der Waals surface area (Å²) < 4.78 is 0. The van der Waals surface area contributed by atoms with E-state index in [4.69, 9.17) is 16.6 Å². The number of benzene rings is 2. The van der Waals surface area contributed by atoms with Gasteiger partial charge in [-0.15, -0.1) is 0 Å². The van der Waals surface area contributed by atoms with E-state index >= 15 is 0 Å². The van der Waals surface area contributed by atoms with E-state index in [9.17, 15) is 14.7 Å². The van der Waals surface area contributed by atoms with E-state index in [2.05, 4.69) is 5.32 Å². The summed E-state index contributed by atoms with van der Waals surface area (Å²) in [4.78, 5) is 24.5. The second-order valence-electron chi connectivity index (χ2n) is 4.94. The van der Waals surface area contributed by atoms with Gasteiger partial charge in [-0.25, -0.2) is 0 Å². The molecule has 0 heterocycles. The molecule has 0 radical (unpaired) electrons. The lowest BCUT2D eigenvalue weighted by Crippen LogP contribution is -2.27. The first-order valence-corrected chi connectivity index (χ1v) is 6.82. The molecule has 0 bridgehead atoms. The standard InChI is InChI=1S/C16H17N3O4/c17-9-1-4-11(5-2-9)19-16(23)12-6-3-10(18)7-13(12)15(22)14(21)8-20/h1-7,14,20-21H,8,17-18H2,(H,19,23). The third kappa shape index (κ3) is 3.85. The number of amides is 1. The van der Waals surface area contributed by atoms with Crippen molar-refractivity contribution in [2.45, 2.75) is 6.10 Å². The van der Waals surface area contributed by atoms with Crippen molar-refractivity contribution in [3.8, 4) is 0 Å². The Morgan fingerprint density at radius 1 is 1.00 bits per heavy atom. The Labute approximate surface area is 132 Å². The van der Waals surface area contributed by atoms with E-state index in [1.807, 2.05) is 0 Å². The molecule has 0 fully saturated rings. The van der Waals surface area contributed by atoms with Crippen molar-refractivity contribution in [2.24, 2.45) is 0 Å². The van der Waals surface area contributed by atoms with Crippen molar-refractivity contribution < 1.29 is 19.8 Å². The lowest BCUT2D eigenvalue weighted by atomic mass is 9.99. The Kier molecular flexibility index (Phi) is 4.95. The molecule has 0 spiro atoms. The number of ketones is 1. The Morgan fingerprint density at radius 2 is 1.61 bits per heavy atom. The third-order valence-corrected chi connectivity index (χ3v) is 3.20. The lowest BCUT2D eigenvalue weighted by Gasteiger charge is -2.12. The molecule has 120 valence electrons. The van der Waals surface area contributed by atoms with Gasteiger partial charge in [0.1, 0.15) is 6.10 Å². The zero-order valence-electron chi connectivity index (χ0n) is 12.2. The number of nitrogens with one attached hydrogen (secondary N) is 1. The first-order chi connectivity index (χ1) is 10.9. The molecule has 1 unspecified atom stereocenters. The van der Waals surface area contributed by atoms with Crippen LogP contribution in [0.4, 0.5) is 17.1 Å². The number of anilines is 3. The molecule has 0 aromatic heterocycles. The number of nitrogen functional groups attached to an aromatic ring is 2. The maximum atomic E-state index is 12.4. The van der Waals surface area contributed by atoms with Gasteiger partial charge in [0.05, 0.1) is 12.2 Å². The Bertz CT molecular complexity index is 729. The van der Waals surface area contributed by atoms with Crippen LogP contribution in [0.25, 0.3) is 0 Å². The lowest BCUT2D eigenvalue weighted by molar-refractivity contribution is 0.0585. The molecule has 1 atom stereocenters. The molecule has 0 saturated carbocycles. The van der Waals surface area contributed by atoms with Crippen LogP contribution in [0.5, 0.6) is 0 Å². The van der Waals surface area contributed by atoms with Crippen molar-refractivity contribution in [1.82, 2.24) is 0 Å². The van der Waals surface area contributed by atoms with E-state index in [0.717, 1.165) is 0 Å². The van der Waals surface area contributed by atoms with E-state index in [1.54, 1.807) is 24.3 Å². The average Bonchev–Trinajstić information content (AvgIpc) is 2.55. The van der Waals surface area contributed by atoms with Crippen molar-refractivity contribution in [3.05, 3.63) is 53.6 Å². The fourth-order valence-electron chi connectivity index (χ4n) is 1.99. The summed E-state index contributed by atoms with van der Waals surface area (Å²) in [7, 11) is 0.